The maximum absolute atomic E-state index is 13.6. The molecule has 0 fully saturated rings. The van der Waals surface area contributed by atoms with E-state index >= 15 is 0 Å². The average Bonchev–Trinajstić information content (AvgIpc) is 2.63. The van der Waals surface area contributed by atoms with E-state index in [1.807, 2.05) is 0 Å². The summed E-state index contributed by atoms with van der Waals surface area (Å²) in [4.78, 5) is 20.8. The van der Waals surface area contributed by atoms with E-state index in [4.69, 9.17) is 5.11 Å². The third-order valence-electron chi connectivity index (χ3n) is 3.14. The number of carboxylic acid groups (broad SMARTS) is 1. The fourth-order valence-corrected chi connectivity index (χ4v) is 2.13. The van der Waals surface area contributed by atoms with Crippen LogP contribution < -0.4 is 0 Å². The van der Waals surface area contributed by atoms with Crippen LogP contribution >= 0.6 is 0 Å². The number of nitro groups is 1. The van der Waals surface area contributed by atoms with Crippen LogP contribution in [0.5, 0.6) is 0 Å². The monoisotopic (exact) mass is 293 g/mol. The molecule has 2 aromatic rings. The molecule has 0 aliphatic heterocycles. The predicted molar refractivity (Wildman–Crippen MR) is 70.8 cm³/mol. The van der Waals surface area contributed by atoms with Gasteiger partial charge in [0.2, 0.25) is 5.82 Å². The van der Waals surface area contributed by atoms with Gasteiger partial charge in [-0.25, -0.2) is 4.79 Å². The summed E-state index contributed by atoms with van der Waals surface area (Å²) in [6.07, 6.45) is 0. The van der Waals surface area contributed by atoms with E-state index < -0.39 is 22.4 Å². The lowest BCUT2D eigenvalue weighted by Crippen LogP contribution is -2.06. The summed E-state index contributed by atoms with van der Waals surface area (Å²) >= 11 is 0. The molecule has 1 aromatic heterocycles. The van der Waals surface area contributed by atoms with Crippen LogP contribution in [-0.2, 0) is 6.54 Å². The minimum absolute atomic E-state index is 0.109. The Hall–Kier alpha value is -2.77. The van der Waals surface area contributed by atoms with Crippen molar-refractivity contribution in [2.24, 2.45) is 0 Å². The first-order valence-corrected chi connectivity index (χ1v) is 6.01. The van der Waals surface area contributed by atoms with Crippen molar-refractivity contribution in [3.8, 4) is 0 Å². The van der Waals surface area contributed by atoms with E-state index in [-0.39, 0.29) is 12.1 Å². The van der Waals surface area contributed by atoms with Crippen molar-refractivity contribution < 1.29 is 19.2 Å². The maximum Gasteiger partial charge on any atom is 0.339 e. The van der Waals surface area contributed by atoms with E-state index in [1.54, 1.807) is 13.8 Å². The van der Waals surface area contributed by atoms with E-state index in [2.05, 4.69) is 5.10 Å². The lowest BCUT2D eigenvalue weighted by Gasteiger charge is -2.05. The number of carboxylic acids is 1. The van der Waals surface area contributed by atoms with Crippen molar-refractivity contribution in [2.75, 3.05) is 0 Å². The van der Waals surface area contributed by atoms with Crippen LogP contribution in [0.25, 0.3) is 0 Å². The average molecular weight is 293 g/mol. The fourth-order valence-electron chi connectivity index (χ4n) is 2.13. The van der Waals surface area contributed by atoms with Gasteiger partial charge in [0.05, 0.1) is 22.9 Å². The number of rotatable bonds is 4. The van der Waals surface area contributed by atoms with Gasteiger partial charge in [-0.05, 0) is 25.5 Å². The minimum Gasteiger partial charge on any atom is -0.478 e. The largest absolute Gasteiger partial charge is 0.478 e. The molecule has 0 unspecified atom stereocenters. The Labute approximate surface area is 118 Å². The number of aromatic nitrogens is 2. The second-order valence-electron chi connectivity index (χ2n) is 4.55. The highest BCUT2D eigenvalue weighted by Crippen LogP contribution is 2.20. The van der Waals surface area contributed by atoms with Crippen molar-refractivity contribution >= 4 is 11.7 Å². The molecule has 0 atom stereocenters. The first-order chi connectivity index (χ1) is 9.81. The summed E-state index contributed by atoms with van der Waals surface area (Å²) in [5.74, 6) is -2.01. The Bertz CT molecular complexity index is 739. The number of nitrogens with zero attached hydrogens (tertiary/aromatic N) is 3. The molecule has 2 rings (SSSR count). The van der Waals surface area contributed by atoms with Gasteiger partial charge in [-0.1, -0.05) is 6.07 Å². The molecule has 0 spiro atoms. The van der Waals surface area contributed by atoms with Crippen LogP contribution in [0.3, 0.4) is 0 Å². The number of hydrogen-bond donors (Lipinski definition) is 1. The van der Waals surface area contributed by atoms with Crippen molar-refractivity contribution in [1.82, 2.24) is 9.78 Å². The van der Waals surface area contributed by atoms with Crippen LogP contribution in [-0.4, -0.2) is 25.8 Å². The second-order valence-corrected chi connectivity index (χ2v) is 4.55. The zero-order valence-corrected chi connectivity index (χ0v) is 11.3. The van der Waals surface area contributed by atoms with Crippen molar-refractivity contribution in [2.45, 2.75) is 20.4 Å². The fraction of sp³-hybridized carbons (Fsp3) is 0.231. The topological polar surface area (TPSA) is 98.3 Å². The first-order valence-electron chi connectivity index (χ1n) is 6.01. The van der Waals surface area contributed by atoms with Crippen molar-refractivity contribution in [1.29, 1.82) is 0 Å². The number of aryl methyl sites for hydroxylation is 1. The smallest absolute Gasteiger partial charge is 0.339 e. The van der Waals surface area contributed by atoms with E-state index in [9.17, 15) is 19.3 Å². The highest BCUT2D eigenvalue weighted by Gasteiger charge is 2.19. The maximum atomic E-state index is 13.6. The summed E-state index contributed by atoms with van der Waals surface area (Å²) in [7, 11) is 0. The molecule has 8 heteroatoms. The molecule has 7 nitrogen and oxygen atoms in total. The van der Waals surface area contributed by atoms with Gasteiger partial charge < -0.3 is 5.11 Å². The van der Waals surface area contributed by atoms with Gasteiger partial charge in [0.15, 0.2) is 0 Å². The predicted octanol–water partition coefficient (Wildman–Crippen LogP) is 2.29. The highest BCUT2D eigenvalue weighted by atomic mass is 19.1. The molecule has 0 aliphatic carbocycles. The normalized spacial score (nSPS) is 10.6. The van der Waals surface area contributed by atoms with E-state index in [0.717, 1.165) is 12.1 Å². The molecule has 0 bridgehead atoms. The number of halogens is 1. The molecule has 21 heavy (non-hydrogen) atoms. The lowest BCUT2D eigenvalue weighted by molar-refractivity contribution is -0.387. The van der Waals surface area contributed by atoms with Crippen LogP contribution in [0.2, 0.25) is 0 Å². The van der Waals surface area contributed by atoms with Gasteiger partial charge in [-0.2, -0.15) is 9.49 Å². The van der Waals surface area contributed by atoms with Crippen molar-refractivity contribution in [3.05, 3.63) is 56.6 Å². The standard InChI is InChI=1S/C13H12FN3O4/c1-7-12(13(18)19)8(2)16(15-7)6-9-3-4-11(17(20)21)10(14)5-9/h3-5H,6H2,1-2H3,(H,18,19). The molecular formula is C13H12FN3O4. The molecule has 0 aliphatic rings. The van der Waals surface area contributed by atoms with Gasteiger partial charge in [0.25, 0.3) is 0 Å². The Balaban J connectivity index is 2.35. The molecule has 0 radical (unpaired) electrons. The lowest BCUT2D eigenvalue weighted by atomic mass is 10.2. The van der Waals surface area contributed by atoms with Crippen LogP contribution in [0.15, 0.2) is 18.2 Å². The van der Waals surface area contributed by atoms with Crippen LogP contribution in [0, 0.1) is 29.8 Å². The second kappa shape index (κ2) is 5.31. The Kier molecular flexibility index (Phi) is 3.70. The molecule has 0 saturated carbocycles. The molecule has 0 saturated heterocycles. The van der Waals surface area contributed by atoms with Crippen molar-refractivity contribution in [3.63, 3.8) is 0 Å². The first kappa shape index (κ1) is 14.6. The Morgan fingerprint density at radius 3 is 2.62 bits per heavy atom. The molecular weight excluding hydrogens is 281 g/mol. The van der Waals surface area contributed by atoms with Gasteiger partial charge in [0, 0.05) is 6.07 Å². The summed E-state index contributed by atoms with van der Waals surface area (Å²) in [6, 6.07) is 3.54. The Morgan fingerprint density at radius 2 is 2.14 bits per heavy atom. The van der Waals surface area contributed by atoms with Crippen LogP contribution in [0.1, 0.15) is 27.3 Å². The molecule has 1 N–H and O–H groups in total. The Morgan fingerprint density at radius 1 is 1.48 bits per heavy atom. The van der Waals surface area contributed by atoms with E-state index in [1.165, 1.54) is 10.7 Å². The highest BCUT2D eigenvalue weighted by molar-refractivity contribution is 5.90. The van der Waals surface area contributed by atoms with Gasteiger partial charge in [0.1, 0.15) is 5.56 Å². The third-order valence-corrected chi connectivity index (χ3v) is 3.14. The number of carbonyl (C=O) groups is 1. The molecule has 1 aromatic carbocycles. The molecule has 110 valence electrons. The zero-order chi connectivity index (χ0) is 15.7. The summed E-state index contributed by atoms with van der Waals surface area (Å²) in [5, 5.41) is 23.7. The van der Waals surface area contributed by atoms with Gasteiger partial charge in [-0.3, -0.25) is 14.8 Å². The summed E-state index contributed by atoms with van der Waals surface area (Å²) in [5.41, 5.74) is 0.775. The molecule has 0 amide bonds. The van der Waals surface area contributed by atoms with Gasteiger partial charge in [-0.15, -0.1) is 0 Å². The SMILES string of the molecule is Cc1nn(Cc2ccc([N+](=O)[O-])c(F)c2)c(C)c1C(=O)O. The van der Waals surface area contributed by atoms with Gasteiger partial charge >= 0.3 is 11.7 Å². The number of hydrogen-bond acceptors (Lipinski definition) is 4. The van der Waals surface area contributed by atoms with Crippen LogP contribution in [0.4, 0.5) is 10.1 Å². The minimum atomic E-state index is -1.08. The quantitative estimate of drug-likeness (QED) is 0.688. The van der Waals surface area contributed by atoms with E-state index in [0.29, 0.717) is 17.0 Å². The number of benzene rings is 1. The number of nitro benzene ring substituents is 1. The third kappa shape index (κ3) is 2.73. The summed E-state index contributed by atoms with van der Waals surface area (Å²) < 4.78 is 15.0. The zero-order valence-electron chi connectivity index (χ0n) is 11.3. The molecule has 1 heterocycles. The number of aromatic carboxylic acids is 1. The summed E-state index contributed by atoms with van der Waals surface area (Å²) in [6.45, 7) is 3.31.